The molecule has 1 aliphatic rings. The molecule has 142 valence electrons. The van der Waals surface area contributed by atoms with Gasteiger partial charge in [-0.1, -0.05) is 26.8 Å². The van der Waals surface area contributed by atoms with Crippen LogP contribution >= 0.6 is 0 Å². The third kappa shape index (κ3) is 3.93. The van der Waals surface area contributed by atoms with Crippen molar-refractivity contribution in [2.45, 2.75) is 46.1 Å². The van der Waals surface area contributed by atoms with E-state index in [1.807, 2.05) is 19.1 Å². The van der Waals surface area contributed by atoms with E-state index in [9.17, 15) is 9.59 Å². The van der Waals surface area contributed by atoms with Crippen LogP contribution < -0.4 is 5.32 Å². The maximum absolute atomic E-state index is 12.7. The van der Waals surface area contributed by atoms with Crippen LogP contribution in [-0.4, -0.2) is 35.2 Å². The number of aromatic nitrogens is 1. The number of pyridine rings is 1. The Morgan fingerprint density at radius 2 is 2.00 bits per heavy atom. The highest BCUT2D eigenvalue weighted by Crippen LogP contribution is 2.32. The Kier molecular flexibility index (Phi) is 5.16. The van der Waals surface area contributed by atoms with Crippen molar-refractivity contribution in [3.05, 3.63) is 58.4 Å². The zero-order valence-electron chi connectivity index (χ0n) is 16.7. The molecule has 0 unspecified atom stereocenters. The van der Waals surface area contributed by atoms with E-state index in [1.54, 1.807) is 18.3 Å². The van der Waals surface area contributed by atoms with E-state index < -0.39 is 0 Å². The molecule has 0 saturated carbocycles. The van der Waals surface area contributed by atoms with Crippen LogP contribution in [0, 0.1) is 0 Å². The maximum Gasteiger partial charge on any atom is 0.255 e. The zero-order valence-corrected chi connectivity index (χ0v) is 16.7. The van der Waals surface area contributed by atoms with Crippen molar-refractivity contribution in [1.29, 1.82) is 0 Å². The van der Waals surface area contributed by atoms with E-state index in [0.29, 0.717) is 16.8 Å². The fourth-order valence-electron chi connectivity index (χ4n) is 3.96. The first-order chi connectivity index (χ1) is 12.7. The number of ketones is 1. The molecule has 5 heteroatoms. The van der Waals surface area contributed by atoms with Crippen molar-refractivity contribution in [1.82, 2.24) is 9.88 Å². The molecule has 3 rings (SSSR count). The predicted molar refractivity (Wildman–Crippen MR) is 107 cm³/mol. The third-order valence-electron chi connectivity index (χ3n) is 5.10. The normalized spacial score (nSPS) is 15.9. The molecule has 1 N–H and O–H groups in total. The predicted octanol–water partition coefficient (Wildman–Crippen LogP) is 3.82. The molecule has 0 spiro atoms. The van der Waals surface area contributed by atoms with Crippen LogP contribution in [0.2, 0.25) is 0 Å². The quantitative estimate of drug-likeness (QED) is 0.837. The molecule has 1 aromatic heterocycles. The van der Waals surface area contributed by atoms with Crippen LogP contribution in [0.1, 0.15) is 65.2 Å². The zero-order chi connectivity index (χ0) is 19.8. The SMILES string of the molecule is CCc1ccc(C(=O)Nc2cnc3c(c2)CN(C)CC3(C)C)cc1C(C)=O. The number of hydrogen-bond donors (Lipinski definition) is 1. The molecule has 2 heterocycles. The number of rotatable bonds is 4. The van der Waals surface area contributed by atoms with Crippen LogP contribution in [-0.2, 0) is 18.4 Å². The third-order valence-corrected chi connectivity index (χ3v) is 5.10. The summed E-state index contributed by atoms with van der Waals surface area (Å²) in [6.07, 6.45) is 2.48. The highest BCUT2D eigenvalue weighted by molar-refractivity contribution is 6.06. The second kappa shape index (κ2) is 7.24. The Morgan fingerprint density at radius 1 is 1.26 bits per heavy atom. The Balaban J connectivity index is 1.86. The van der Waals surface area contributed by atoms with E-state index in [1.165, 1.54) is 6.92 Å². The van der Waals surface area contributed by atoms with E-state index in [-0.39, 0.29) is 17.1 Å². The summed E-state index contributed by atoms with van der Waals surface area (Å²) in [6.45, 7) is 9.67. The fourth-order valence-corrected chi connectivity index (χ4v) is 3.96. The minimum absolute atomic E-state index is 0.0166. The molecule has 0 fully saturated rings. The lowest BCUT2D eigenvalue weighted by Crippen LogP contribution is -2.40. The molecule has 0 atom stereocenters. The van der Waals surface area contributed by atoms with Gasteiger partial charge in [0, 0.05) is 29.6 Å². The molecule has 0 aliphatic carbocycles. The summed E-state index contributed by atoms with van der Waals surface area (Å²) < 4.78 is 0. The number of Topliss-reactive ketones (excluding diaryl/α,β-unsaturated/α-hetero) is 1. The highest BCUT2D eigenvalue weighted by atomic mass is 16.1. The summed E-state index contributed by atoms with van der Waals surface area (Å²) >= 11 is 0. The average molecular weight is 365 g/mol. The van der Waals surface area contributed by atoms with E-state index >= 15 is 0 Å². The molecule has 0 saturated heterocycles. The van der Waals surface area contributed by atoms with Gasteiger partial charge in [-0.15, -0.1) is 0 Å². The standard InChI is InChI=1S/C22H27N3O2/c1-6-15-7-8-16(10-19(15)14(2)26)21(27)24-18-9-17-12-25(5)13-22(3,4)20(17)23-11-18/h7-11H,6,12-13H2,1-5H3,(H,24,27). The largest absolute Gasteiger partial charge is 0.321 e. The topological polar surface area (TPSA) is 62.3 Å². The molecular weight excluding hydrogens is 338 g/mol. The Labute approximate surface area is 160 Å². The summed E-state index contributed by atoms with van der Waals surface area (Å²) in [5, 5.41) is 2.92. The van der Waals surface area contributed by atoms with E-state index in [0.717, 1.165) is 36.3 Å². The number of fused-ring (bicyclic) bond motifs is 1. The number of aryl methyl sites for hydroxylation is 1. The van der Waals surface area contributed by atoms with Gasteiger partial charge in [0.05, 0.1) is 17.6 Å². The Morgan fingerprint density at radius 3 is 2.67 bits per heavy atom. The second-order valence-electron chi connectivity index (χ2n) is 8.02. The number of amides is 1. The summed E-state index contributed by atoms with van der Waals surface area (Å²) in [5.41, 5.74) is 4.93. The minimum atomic E-state index is -0.231. The molecule has 1 aromatic carbocycles. The first kappa shape index (κ1) is 19.2. The minimum Gasteiger partial charge on any atom is -0.321 e. The maximum atomic E-state index is 12.7. The van der Waals surface area contributed by atoms with E-state index in [4.69, 9.17) is 0 Å². The number of carbonyl (C=O) groups is 2. The second-order valence-corrected chi connectivity index (χ2v) is 8.02. The van der Waals surface area contributed by atoms with E-state index in [2.05, 4.69) is 36.1 Å². The van der Waals surface area contributed by atoms with Gasteiger partial charge in [-0.05, 0) is 49.7 Å². The van der Waals surface area contributed by atoms with Crippen molar-refractivity contribution >= 4 is 17.4 Å². The van der Waals surface area contributed by atoms with Gasteiger partial charge in [0.15, 0.2) is 5.78 Å². The van der Waals surface area contributed by atoms with Crippen molar-refractivity contribution < 1.29 is 9.59 Å². The van der Waals surface area contributed by atoms with Gasteiger partial charge in [0.25, 0.3) is 5.91 Å². The fraction of sp³-hybridized carbons (Fsp3) is 0.409. The monoisotopic (exact) mass is 365 g/mol. The van der Waals surface area contributed by atoms with Crippen molar-refractivity contribution in [2.24, 2.45) is 0 Å². The molecule has 0 bridgehead atoms. The lowest BCUT2D eigenvalue weighted by atomic mass is 9.82. The number of hydrogen-bond acceptors (Lipinski definition) is 4. The van der Waals surface area contributed by atoms with Crippen molar-refractivity contribution in [2.75, 3.05) is 18.9 Å². The molecule has 27 heavy (non-hydrogen) atoms. The lowest BCUT2D eigenvalue weighted by molar-refractivity contribution is 0.101. The Bertz CT molecular complexity index is 902. The van der Waals surface area contributed by atoms with Gasteiger partial charge < -0.3 is 10.2 Å². The van der Waals surface area contributed by atoms with Gasteiger partial charge in [-0.2, -0.15) is 0 Å². The van der Waals surface area contributed by atoms with Crippen molar-refractivity contribution in [3.8, 4) is 0 Å². The molecule has 1 amide bonds. The molecule has 1 aliphatic heterocycles. The Hall–Kier alpha value is -2.53. The van der Waals surface area contributed by atoms with Gasteiger partial charge in [0.1, 0.15) is 0 Å². The molecule has 5 nitrogen and oxygen atoms in total. The molecular formula is C22H27N3O2. The van der Waals surface area contributed by atoms with Gasteiger partial charge in [0.2, 0.25) is 0 Å². The molecule has 2 aromatic rings. The van der Waals surface area contributed by atoms with Crippen LogP contribution in [0.15, 0.2) is 30.5 Å². The van der Waals surface area contributed by atoms with Crippen molar-refractivity contribution in [3.63, 3.8) is 0 Å². The van der Waals surface area contributed by atoms with Gasteiger partial charge in [-0.3, -0.25) is 14.6 Å². The number of likely N-dealkylation sites (N-methyl/N-ethyl adjacent to an activating group) is 1. The first-order valence-corrected chi connectivity index (χ1v) is 9.34. The first-order valence-electron chi connectivity index (χ1n) is 9.34. The summed E-state index contributed by atoms with van der Waals surface area (Å²) in [4.78, 5) is 31.4. The summed E-state index contributed by atoms with van der Waals surface area (Å²) in [7, 11) is 2.09. The number of anilines is 1. The molecule has 0 radical (unpaired) electrons. The number of carbonyl (C=O) groups excluding carboxylic acids is 2. The lowest BCUT2D eigenvalue weighted by Gasteiger charge is -2.37. The van der Waals surface area contributed by atoms with Crippen LogP contribution in [0.3, 0.4) is 0 Å². The van der Waals surface area contributed by atoms with Gasteiger partial charge >= 0.3 is 0 Å². The highest BCUT2D eigenvalue weighted by Gasteiger charge is 2.31. The van der Waals surface area contributed by atoms with Gasteiger partial charge in [-0.25, -0.2) is 0 Å². The summed E-state index contributed by atoms with van der Waals surface area (Å²) in [6, 6.07) is 7.31. The number of benzene rings is 1. The van der Waals surface area contributed by atoms with Crippen LogP contribution in [0.5, 0.6) is 0 Å². The average Bonchev–Trinajstić information content (AvgIpc) is 2.59. The van der Waals surface area contributed by atoms with Crippen LogP contribution in [0.25, 0.3) is 0 Å². The number of nitrogens with zero attached hydrogens (tertiary/aromatic N) is 2. The summed E-state index contributed by atoms with van der Waals surface area (Å²) in [5.74, 6) is -0.257. The number of nitrogens with one attached hydrogen (secondary N) is 1. The van der Waals surface area contributed by atoms with Crippen LogP contribution in [0.4, 0.5) is 5.69 Å². The smallest absolute Gasteiger partial charge is 0.255 e.